The summed E-state index contributed by atoms with van der Waals surface area (Å²) in [5, 5.41) is 2.46. The molecule has 0 bridgehead atoms. The minimum atomic E-state index is -3.43. The molecule has 2 aromatic carbocycles. The van der Waals surface area contributed by atoms with Crippen LogP contribution >= 0.6 is 15.9 Å². The van der Waals surface area contributed by atoms with Gasteiger partial charge in [0.05, 0.1) is 17.6 Å². The molecule has 0 aliphatic heterocycles. The number of amides is 1. The monoisotopic (exact) mass is 400 g/mol. The van der Waals surface area contributed by atoms with E-state index in [4.69, 9.17) is 0 Å². The number of carbonyl (C=O) groups excluding carboxylic acids is 1. The molecule has 1 N–H and O–H groups in total. The molecule has 0 aliphatic carbocycles. The molecule has 8 heteroatoms. The summed E-state index contributed by atoms with van der Waals surface area (Å²) >= 11 is 3.14. The first-order valence-corrected chi connectivity index (χ1v) is 9.13. The number of rotatable bonds is 4. The van der Waals surface area contributed by atoms with E-state index in [1.165, 1.54) is 31.3 Å². The second-order valence-corrected chi connectivity index (χ2v) is 7.79. The average molecular weight is 401 g/mol. The van der Waals surface area contributed by atoms with Crippen molar-refractivity contribution < 1.29 is 17.6 Å². The normalized spacial score (nSPS) is 11.1. The van der Waals surface area contributed by atoms with Crippen molar-refractivity contribution in [2.24, 2.45) is 0 Å². The molecule has 0 heterocycles. The number of hydrogen-bond donors (Lipinski definition) is 1. The largest absolute Gasteiger partial charge is 0.319 e. The van der Waals surface area contributed by atoms with Crippen LogP contribution in [0.2, 0.25) is 0 Å². The third kappa shape index (κ3) is 4.29. The lowest BCUT2D eigenvalue weighted by Crippen LogP contribution is -2.25. The number of anilines is 2. The fraction of sp³-hybridized carbons (Fsp3) is 0.133. The molecule has 0 spiro atoms. The molecule has 2 aromatic rings. The summed E-state index contributed by atoms with van der Waals surface area (Å²) in [6.07, 6.45) is 1.07. The fourth-order valence-corrected chi connectivity index (χ4v) is 2.65. The van der Waals surface area contributed by atoms with Crippen LogP contribution in [0.15, 0.2) is 46.9 Å². The van der Waals surface area contributed by atoms with E-state index in [-0.39, 0.29) is 11.3 Å². The van der Waals surface area contributed by atoms with Crippen LogP contribution in [0.5, 0.6) is 0 Å². The predicted molar refractivity (Wildman–Crippen MR) is 91.7 cm³/mol. The number of nitrogens with zero attached hydrogens (tertiary/aromatic N) is 1. The van der Waals surface area contributed by atoms with Crippen LogP contribution in [0.3, 0.4) is 0 Å². The van der Waals surface area contributed by atoms with Crippen LogP contribution in [0.4, 0.5) is 15.8 Å². The number of benzene rings is 2. The molecule has 0 saturated heterocycles. The van der Waals surface area contributed by atoms with Crippen molar-refractivity contribution in [2.45, 2.75) is 0 Å². The maximum absolute atomic E-state index is 13.8. The van der Waals surface area contributed by atoms with E-state index in [1.807, 2.05) is 0 Å². The van der Waals surface area contributed by atoms with Gasteiger partial charge in [-0.1, -0.05) is 22.0 Å². The smallest absolute Gasteiger partial charge is 0.255 e. The van der Waals surface area contributed by atoms with Crippen LogP contribution in [-0.2, 0) is 10.0 Å². The van der Waals surface area contributed by atoms with E-state index in [0.29, 0.717) is 10.2 Å². The van der Waals surface area contributed by atoms with Crippen LogP contribution in [-0.4, -0.2) is 27.6 Å². The van der Waals surface area contributed by atoms with Gasteiger partial charge in [-0.2, -0.15) is 0 Å². The number of sulfonamides is 1. The van der Waals surface area contributed by atoms with E-state index < -0.39 is 21.7 Å². The van der Waals surface area contributed by atoms with Gasteiger partial charge in [0.15, 0.2) is 0 Å². The van der Waals surface area contributed by atoms with Crippen molar-refractivity contribution in [1.82, 2.24) is 0 Å². The van der Waals surface area contributed by atoms with Gasteiger partial charge >= 0.3 is 0 Å². The summed E-state index contributed by atoms with van der Waals surface area (Å²) in [6.45, 7) is 0. The van der Waals surface area contributed by atoms with Crippen molar-refractivity contribution in [2.75, 3.05) is 22.9 Å². The summed E-state index contributed by atoms with van der Waals surface area (Å²) in [6, 6.07) is 10.3. The summed E-state index contributed by atoms with van der Waals surface area (Å²) in [4.78, 5) is 12.2. The van der Waals surface area contributed by atoms with Crippen LogP contribution in [0.1, 0.15) is 10.4 Å². The van der Waals surface area contributed by atoms with Gasteiger partial charge in [0.25, 0.3) is 5.91 Å². The first-order valence-electron chi connectivity index (χ1n) is 6.49. The van der Waals surface area contributed by atoms with Crippen molar-refractivity contribution in [1.29, 1.82) is 0 Å². The molecule has 122 valence electrons. The minimum absolute atomic E-state index is 0.0417. The zero-order chi connectivity index (χ0) is 17.2. The van der Waals surface area contributed by atoms with E-state index in [2.05, 4.69) is 21.2 Å². The number of halogens is 2. The molecule has 0 aromatic heterocycles. The van der Waals surface area contributed by atoms with E-state index in [1.54, 1.807) is 18.2 Å². The summed E-state index contributed by atoms with van der Waals surface area (Å²) in [5.41, 5.74) is 0.608. The Kier molecular flexibility index (Phi) is 5.06. The third-order valence-electron chi connectivity index (χ3n) is 3.15. The predicted octanol–water partition coefficient (Wildman–Crippen LogP) is 3.24. The summed E-state index contributed by atoms with van der Waals surface area (Å²) in [7, 11) is -2.04. The third-order valence-corrected chi connectivity index (χ3v) is 4.85. The minimum Gasteiger partial charge on any atom is -0.319 e. The molecule has 0 unspecified atom stereocenters. The first kappa shape index (κ1) is 17.4. The standard InChI is InChI=1S/C15H14BrFN2O3S/c1-19(23(2,21)22)12-5-3-4-10(8-12)15(20)18-14-7-6-11(16)9-13(14)17/h3-9H,1-2H3,(H,18,20). The van der Waals surface area contributed by atoms with Crippen molar-refractivity contribution in [3.05, 3.63) is 58.3 Å². The van der Waals surface area contributed by atoms with Crippen molar-refractivity contribution >= 4 is 43.2 Å². The molecule has 1 amide bonds. The molecule has 2 rings (SSSR count). The topological polar surface area (TPSA) is 66.5 Å². The summed E-state index contributed by atoms with van der Waals surface area (Å²) < 4.78 is 38.5. The molecular weight excluding hydrogens is 387 g/mol. The Morgan fingerprint density at radius 1 is 1.22 bits per heavy atom. The zero-order valence-electron chi connectivity index (χ0n) is 12.4. The van der Waals surface area contributed by atoms with Crippen LogP contribution < -0.4 is 9.62 Å². The lowest BCUT2D eigenvalue weighted by molar-refractivity contribution is 0.102. The fourth-order valence-electron chi connectivity index (χ4n) is 1.82. The van der Waals surface area contributed by atoms with Gasteiger partial charge in [0.2, 0.25) is 10.0 Å². The van der Waals surface area contributed by atoms with Gasteiger partial charge in [-0.25, -0.2) is 12.8 Å². The maximum atomic E-state index is 13.8. The molecule has 0 aliphatic rings. The van der Waals surface area contributed by atoms with Gasteiger partial charge in [0, 0.05) is 17.1 Å². The highest BCUT2D eigenvalue weighted by Crippen LogP contribution is 2.21. The SMILES string of the molecule is CN(c1cccc(C(=O)Nc2ccc(Br)cc2F)c1)S(C)(=O)=O. The lowest BCUT2D eigenvalue weighted by Gasteiger charge is -2.17. The Morgan fingerprint density at radius 2 is 1.91 bits per heavy atom. The van der Waals surface area contributed by atoms with Crippen LogP contribution in [0, 0.1) is 5.82 Å². The Morgan fingerprint density at radius 3 is 2.52 bits per heavy atom. The van der Waals surface area contributed by atoms with E-state index in [0.717, 1.165) is 10.6 Å². The average Bonchev–Trinajstić information content (AvgIpc) is 2.48. The van der Waals surface area contributed by atoms with E-state index >= 15 is 0 Å². The molecular formula is C15H14BrFN2O3S. The van der Waals surface area contributed by atoms with Gasteiger partial charge in [-0.15, -0.1) is 0 Å². The van der Waals surface area contributed by atoms with Gasteiger partial charge in [-0.05, 0) is 36.4 Å². The second kappa shape index (κ2) is 6.67. The van der Waals surface area contributed by atoms with Crippen LogP contribution in [0.25, 0.3) is 0 Å². The molecule has 5 nitrogen and oxygen atoms in total. The van der Waals surface area contributed by atoms with Gasteiger partial charge in [-0.3, -0.25) is 9.10 Å². The number of carbonyl (C=O) groups is 1. The molecule has 23 heavy (non-hydrogen) atoms. The van der Waals surface area contributed by atoms with Gasteiger partial charge in [0.1, 0.15) is 5.82 Å². The zero-order valence-corrected chi connectivity index (χ0v) is 14.8. The highest BCUT2D eigenvalue weighted by Gasteiger charge is 2.15. The molecule has 0 radical (unpaired) electrons. The molecule has 0 fully saturated rings. The first-order chi connectivity index (χ1) is 10.7. The number of hydrogen-bond acceptors (Lipinski definition) is 3. The highest BCUT2D eigenvalue weighted by atomic mass is 79.9. The van der Waals surface area contributed by atoms with Crippen molar-refractivity contribution in [3.63, 3.8) is 0 Å². The Labute approximate surface area is 142 Å². The maximum Gasteiger partial charge on any atom is 0.255 e. The number of nitrogens with one attached hydrogen (secondary N) is 1. The quantitative estimate of drug-likeness (QED) is 0.856. The Balaban J connectivity index is 2.26. The molecule has 0 saturated carbocycles. The second-order valence-electron chi connectivity index (χ2n) is 4.86. The highest BCUT2D eigenvalue weighted by molar-refractivity contribution is 9.10. The Hall–Kier alpha value is -1.93. The van der Waals surface area contributed by atoms with Crippen molar-refractivity contribution in [3.8, 4) is 0 Å². The lowest BCUT2D eigenvalue weighted by atomic mass is 10.2. The Bertz CT molecular complexity index is 856. The summed E-state index contributed by atoms with van der Waals surface area (Å²) in [5.74, 6) is -1.10. The van der Waals surface area contributed by atoms with E-state index in [9.17, 15) is 17.6 Å². The van der Waals surface area contributed by atoms with Gasteiger partial charge < -0.3 is 5.32 Å². The molecule has 0 atom stereocenters.